The minimum absolute atomic E-state index is 0.0320. The van der Waals surface area contributed by atoms with Gasteiger partial charge < -0.3 is 4.98 Å². The van der Waals surface area contributed by atoms with E-state index in [1.165, 1.54) is 22.2 Å². The van der Waals surface area contributed by atoms with E-state index in [2.05, 4.69) is 4.98 Å². The fraction of sp³-hybridized carbons (Fsp3) is 0.538. The fourth-order valence-electron chi connectivity index (χ4n) is 2.01. The van der Waals surface area contributed by atoms with Gasteiger partial charge in [0.05, 0.1) is 10.1 Å². The van der Waals surface area contributed by atoms with Gasteiger partial charge in [0.1, 0.15) is 4.83 Å². The van der Waals surface area contributed by atoms with Crippen LogP contribution in [0.5, 0.6) is 0 Å². The van der Waals surface area contributed by atoms with Gasteiger partial charge in [-0.15, -0.1) is 11.3 Å². The van der Waals surface area contributed by atoms with Crippen LogP contribution >= 0.6 is 23.6 Å². The molecular formula is C13H18N2O3S3. The number of hydrogen-bond acceptors (Lipinski definition) is 5. The van der Waals surface area contributed by atoms with Crippen molar-refractivity contribution in [3.63, 3.8) is 0 Å². The number of sulfone groups is 1. The minimum atomic E-state index is -3.31. The van der Waals surface area contributed by atoms with Crippen LogP contribution in [0.1, 0.15) is 24.3 Å². The number of hydrogen-bond donors (Lipinski definition) is 1. The molecule has 21 heavy (non-hydrogen) atoms. The SMILES string of the molecule is Cc1sc2[nH]c(=S)n(CC(C)(C)S(C)(=O)=O)c(=O)c2c1C. The van der Waals surface area contributed by atoms with Crippen molar-refractivity contribution in [2.45, 2.75) is 39.0 Å². The van der Waals surface area contributed by atoms with E-state index in [0.29, 0.717) is 5.39 Å². The quantitative estimate of drug-likeness (QED) is 0.867. The molecule has 5 nitrogen and oxygen atoms in total. The Bertz CT molecular complexity index is 930. The number of aromatic nitrogens is 2. The molecule has 0 fully saturated rings. The maximum absolute atomic E-state index is 12.7. The first-order chi connectivity index (χ1) is 9.45. The van der Waals surface area contributed by atoms with Crippen LogP contribution in [-0.2, 0) is 16.4 Å². The predicted molar refractivity (Wildman–Crippen MR) is 89.7 cm³/mol. The molecule has 1 N–H and O–H groups in total. The molecule has 2 aromatic heterocycles. The molecule has 2 heterocycles. The molecule has 0 aliphatic rings. The lowest BCUT2D eigenvalue weighted by atomic mass is 10.2. The van der Waals surface area contributed by atoms with E-state index in [9.17, 15) is 13.2 Å². The van der Waals surface area contributed by atoms with Gasteiger partial charge in [0, 0.05) is 17.7 Å². The van der Waals surface area contributed by atoms with Crippen molar-refractivity contribution in [1.29, 1.82) is 0 Å². The number of nitrogens with one attached hydrogen (secondary N) is 1. The zero-order chi connectivity index (χ0) is 16.2. The second-order valence-electron chi connectivity index (χ2n) is 5.84. The van der Waals surface area contributed by atoms with Crippen LogP contribution in [0, 0.1) is 18.6 Å². The average molecular weight is 346 g/mol. The minimum Gasteiger partial charge on any atom is -0.323 e. The Labute approximate surface area is 132 Å². The molecule has 0 aromatic carbocycles. The molecule has 0 unspecified atom stereocenters. The lowest BCUT2D eigenvalue weighted by molar-refractivity contribution is 0.491. The highest BCUT2D eigenvalue weighted by Crippen LogP contribution is 2.26. The molecule has 0 radical (unpaired) electrons. The molecule has 116 valence electrons. The third-order valence-electron chi connectivity index (χ3n) is 3.85. The van der Waals surface area contributed by atoms with E-state index in [0.717, 1.165) is 15.3 Å². The molecule has 0 bridgehead atoms. The van der Waals surface area contributed by atoms with Gasteiger partial charge in [0.25, 0.3) is 5.56 Å². The summed E-state index contributed by atoms with van der Waals surface area (Å²) in [6, 6.07) is 0. The van der Waals surface area contributed by atoms with E-state index < -0.39 is 14.6 Å². The molecule has 0 spiro atoms. The standard InChI is InChI=1S/C13H18N2O3S3/c1-7-8(2)20-10-9(7)11(16)15(12(19)14-10)6-13(3,4)21(5,17)18/h6H2,1-5H3,(H,14,19). The molecule has 2 rings (SSSR count). The van der Waals surface area contributed by atoms with Crippen LogP contribution in [0.4, 0.5) is 0 Å². The zero-order valence-corrected chi connectivity index (χ0v) is 15.1. The number of rotatable bonds is 3. The second-order valence-corrected chi connectivity index (χ2v) is 10.1. The second kappa shape index (κ2) is 5.03. The van der Waals surface area contributed by atoms with Crippen molar-refractivity contribution in [2.24, 2.45) is 0 Å². The highest BCUT2D eigenvalue weighted by Gasteiger charge is 2.31. The van der Waals surface area contributed by atoms with Crippen LogP contribution in [0.15, 0.2) is 4.79 Å². The molecule has 8 heteroatoms. The first kappa shape index (κ1) is 16.4. The smallest absolute Gasteiger partial charge is 0.263 e. The van der Waals surface area contributed by atoms with Crippen LogP contribution in [-0.4, -0.2) is 29.0 Å². The van der Waals surface area contributed by atoms with Gasteiger partial charge in [-0.3, -0.25) is 9.36 Å². The summed E-state index contributed by atoms with van der Waals surface area (Å²) in [5, 5.41) is 0.593. The Hall–Kier alpha value is -0.990. The normalized spacial score (nSPS) is 13.0. The maximum atomic E-state index is 12.7. The lowest BCUT2D eigenvalue weighted by Gasteiger charge is -2.23. The van der Waals surface area contributed by atoms with Crippen molar-refractivity contribution in [3.05, 3.63) is 25.6 Å². The monoisotopic (exact) mass is 346 g/mol. The van der Waals surface area contributed by atoms with Crippen molar-refractivity contribution in [2.75, 3.05) is 6.26 Å². The third kappa shape index (κ3) is 2.72. The van der Waals surface area contributed by atoms with E-state index in [1.54, 1.807) is 13.8 Å². The highest BCUT2D eigenvalue weighted by atomic mass is 32.2. The fourth-order valence-corrected chi connectivity index (χ4v) is 3.74. The Morgan fingerprint density at radius 3 is 2.43 bits per heavy atom. The third-order valence-corrected chi connectivity index (χ3v) is 7.43. The molecule has 2 aromatic rings. The summed E-state index contributed by atoms with van der Waals surface area (Å²) < 4.78 is 24.2. The van der Waals surface area contributed by atoms with Crippen LogP contribution in [0.2, 0.25) is 0 Å². The first-order valence-corrected chi connectivity index (χ1v) is 9.50. The van der Waals surface area contributed by atoms with Gasteiger partial charge in [-0.1, -0.05) is 0 Å². The van der Waals surface area contributed by atoms with E-state index >= 15 is 0 Å². The van der Waals surface area contributed by atoms with Gasteiger partial charge in [0.2, 0.25) is 0 Å². The zero-order valence-electron chi connectivity index (χ0n) is 12.6. The average Bonchev–Trinajstić information content (AvgIpc) is 2.59. The van der Waals surface area contributed by atoms with Crippen molar-refractivity contribution >= 4 is 43.6 Å². The summed E-state index contributed by atoms with van der Waals surface area (Å²) in [6.07, 6.45) is 1.17. The Morgan fingerprint density at radius 2 is 1.90 bits per heavy atom. The number of thiophene rings is 1. The van der Waals surface area contributed by atoms with Gasteiger partial charge in [-0.05, 0) is 45.5 Å². The molecule has 0 aliphatic carbocycles. The summed E-state index contributed by atoms with van der Waals surface area (Å²) in [5.74, 6) is 0. The molecule has 0 saturated carbocycles. The number of aromatic amines is 1. The van der Waals surface area contributed by atoms with Gasteiger partial charge in [-0.2, -0.15) is 0 Å². The predicted octanol–water partition coefficient (Wildman–Crippen LogP) is 2.56. The van der Waals surface area contributed by atoms with E-state index in [-0.39, 0.29) is 16.9 Å². The Kier molecular flexibility index (Phi) is 3.92. The van der Waals surface area contributed by atoms with Crippen molar-refractivity contribution < 1.29 is 8.42 Å². The van der Waals surface area contributed by atoms with Crippen molar-refractivity contribution in [3.8, 4) is 0 Å². The summed E-state index contributed by atoms with van der Waals surface area (Å²) >= 11 is 6.72. The maximum Gasteiger partial charge on any atom is 0.263 e. The van der Waals surface area contributed by atoms with E-state index in [1.807, 2.05) is 13.8 Å². The number of nitrogens with zero attached hydrogens (tertiary/aromatic N) is 1. The molecule has 0 aliphatic heterocycles. The summed E-state index contributed by atoms with van der Waals surface area (Å²) in [4.78, 5) is 17.5. The van der Waals surface area contributed by atoms with E-state index in [4.69, 9.17) is 12.2 Å². The Balaban J connectivity index is 2.75. The number of aryl methyl sites for hydroxylation is 2. The molecular weight excluding hydrogens is 328 g/mol. The van der Waals surface area contributed by atoms with Gasteiger partial charge in [0.15, 0.2) is 14.6 Å². The molecule has 0 atom stereocenters. The van der Waals surface area contributed by atoms with Crippen LogP contribution in [0.25, 0.3) is 10.2 Å². The summed E-state index contributed by atoms with van der Waals surface area (Å²) in [5.41, 5.74) is 0.685. The molecule has 0 amide bonds. The first-order valence-electron chi connectivity index (χ1n) is 6.38. The lowest BCUT2D eigenvalue weighted by Crippen LogP contribution is -2.39. The largest absolute Gasteiger partial charge is 0.323 e. The summed E-state index contributed by atoms with van der Waals surface area (Å²) in [6.45, 7) is 7.06. The van der Waals surface area contributed by atoms with Crippen molar-refractivity contribution in [1.82, 2.24) is 9.55 Å². The molecule has 0 saturated heterocycles. The number of H-pyrrole nitrogens is 1. The number of fused-ring (bicyclic) bond motifs is 1. The van der Waals surface area contributed by atoms with Crippen LogP contribution in [0.3, 0.4) is 0 Å². The topological polar surface area (TPSA) is 71.9 Å². The van der Waals surface area contributed by atoms with Crippen LogP contribution < -0.4 is 5.56 Å². The van der Waals surface area contributed by atoms with Gasteiger partial charge >= 0.3 is 0 Å². The Morgan fingerprint density at radius 1 is 1.33 bits per heavy atom. The van der Waals surface area contributed by atoms with Gasteiger partial charge in [-0.25, -0.2) is 8.42 Å². The summed E-state index contributed by atoms with van der Waals surface area (Å²) in [7, 11) is -3.31. The highest BCUT2D eigenvalue weighted by molar-refractivity contribution is 7.92.